The fraction of sp³-hybridized carbons (Fsp3) is 0.667. The van der Waals surface area contributed by atoms with Gasteiger partial charge in [0.15, 0.2) is 0 Å². The molecule has 3 nitrogen and oxygen atoms in total. The van der Waals surface area contributed by atoms with Gasteiger partial charge < -0.3 is 15.3 Å². The van der Waals surface area contributed by atoms with Crippen LogP contribution >= 0.6 is 0 Å². The zero-order chi connectivity index (χ0) is 15.2. The number of aliphatic hydroxyl groups excluding tert-OH is 1. The predicted molar refractivity (Wildman–Crippen MR) is 89.8 cm³/mol. The molecule has 0 amide bonds. The smallest absolute Gasteiger partial charge is 0.0606 e. The molecule has 0 atom stereocenters. The number of hydrogen-bond acceptors (Lipinski definition) is 3. The second kappa shape index (κ2) is 7.81. The minimum Gasteiger partial charge on any atom is -0.395 e. The molecule has 2 rings (SSSR count). The van der Waals surface area contributed by atoms with Crippen molar-refractivity contribution in [1.29, 1.82) is 0 Å². The molecule has 21 heavy (non-hydrogen) atoms. The summed E-state index contributed by atoms with van der Waals surface area (Å²) in [5.74, 6) is 0. The third-order valence-corrected chi connectivity index (χ3v) is 4.35. The van der Waals surface area contributed by atoms with Crippen LogP contribution in [0, 0.1) is 6.92 Å². The molecule has 0 aliphatic heterocycles. The normalized spacial score (nSPS) is 15.9. The van der Waals surface area contributed by atoms with Crippen LogP contribution in [-0.4, -0.2) is 30.3 Å². The van der Waals surface area contributed by atoms with Crippen LogP contribution < -0.4 is 10.2 Å². The highest BCUT2D eigenvalue weighted by atomic mass is 16.3. The van der Waals surface area contributed by atoms with Gasteiger partial charge in [0.25, 0.3) is 0 Å². The minimum absolute atomic E-state index is 0.224. The third kappa shape index (κ3) is 4.45. The van der Waals surface area contributed by atoms with Gasteiger partial charge in [-0.3, -0.25) is 0 Å². The Balaban J connectivity index is 2.24. The largest absolute Gasteiger partial charge is 0.395 e. The zero-order valence-corrected chi connectivity index (χ0v) is 13.7. The van der Waals surface area contributed by atoms with Crippen LogP contribution in [0.3, 0.4) is 0 Å². The maximum atomic E-state index is 9.46. The molecule has 2 N–H and O–H groups in total. The number of hydrogen-bond donors (Lipinski definition) is 2. The van der Waals surface area contributed by atoms with E-state index in [0.717, 1.165) is 13.1 Å². The Morgan fingerprint density at radius 2 is 2.00 bits per heavy atom. The van der Waals surface area contributed by atoms with E-state index in [0.29, 0.717) is 12.1 Å². The molecule has 1 aromatic carbocycles. The summed E-state index contributed by atoms with van der Waals surface area (Å²) >= 11 is 0. The molecule has 118 valence electrons. The van der Waals surface area contributed by atoms with Gasteiger partial charge in [-0.05, 0) is 31.4 Å². The first kappa shape index (κ1) is 16.3. The van der Waals surface area contributed by atoms with Gasteiger partial charge in [-0.15, -0.1) is 0 Å². The van der Waals surface area contributed by atoms with E-state index < -0.39 is 0 Å². The zero-order valence-electron chi connectivity index (χ0n) is 13.7. The molecular formula is C18H30N2O. The van der Waals surface area contributed by atoms with Gasteiger partial charge in [0.05, 0.1) is 6.61 Å². The molecule has 1 fully saturated rings. The van der Waals surface area contributed by atoms with E-state index >= 15 is 0 Å². The monoisotopic (exact) mass is 290 g/mol. The van der Waals surface area contributed by atoms with Crippen molar-refractivity contribution in [3.63, 3.8) is 0 Å². The molecule has 0 spiro atoms. The quantitative estimate of drug-likeness (QED) is 0.809. The standard InChI is InChI=1S/C18H30N2O/c1-14(2)19-13-16-12-15(3)8-9-18(16)20(10-11-21)17-6-4-5-7-17/h8-9,12,14,17,19,21H,4-7,10-11,13H2,1-3H3. The van der Waals surface area contributed by atoms with Crippen molar-refractivity contribution >= 4 is 5.69 Å². The summed E-state index contributed by atoms with van der Waals surface area (Å²) in [6, 6.07) is 7.78. The Morgan fingerprint density at radius 1 is 1.29 bits per heavy atom. The van der Waals surface area contributed by atoms with Crippen molar-refractivity contribution < 1.29 is 5.11 Å². The van der Waals surface area contributed by atoms with Crippen LogP contribution in [0.4, 0.5) is 5.69 Å². The summed E-state index contributed by atoms with van der Waals surface area (Å²) in [5.41, 5.74) is 3.95. The van der Waals surface area contributed by atoms with Crippen LogP contribution in [-0.2, 0) is 6.54 Å². The van der Waals surface area contributed by atoms with E-state index in [9.17, 15) is 5.11 Å². The number of nitrogens with zero attached hydrogens (tertiary/aromatic N) is 1. The van der Waals surface area contributed by atoms with Crippen LogP contribution in [0.2, 0.25) is 0 Å². The maximum Gasteiger partial charge on any atom is 0.0606 e. The molecular weight excluding hydrogens is 260 g/mol. The summed E-state index contributed by atoms with van der Waals surface area (Å²) in [6.45, 7) is 8.36. The highest BCUT2D eigenvalue weighted by Gasteiger charge is 2.24. The Kier molecular flexibility index (Phi) is 6.07. The number of aryl methyl sites for hydroxylation is 1. The van der Waals surface area contributed by atoms with Crippen molar-refractivity contribution in [2.75, 3.05) is 18.1 Å². The van der Waals surface area contributed by atoms with Crippen LogP contribution in [0.25, 0.3) is 0 Å². The first-order valence-electron chi connectivity index (χ1n) is 8.32. The summed E-state index contributed by atoms with van der Waals surface area (Å²) in [7, 11) is 0. The van der Waals surface area contributed by atoms with Crippen molar-refractivity contribution in [1.82, 2.24) is 5.32 Å². The lowest BCUT2D eigenvalue weighted by molar-refractivity contribution is 0.297. The molecule has 1 saturated carbocycles. The number of aliphatic hydroxyl groups is 1. The number of anilines is 1. The lowest BCUT2D eigenvalue weighted by Crippen LogP contribution is -2.37. The number of rotatable bonds is 7. The van der Waals surface area contributed by atoms with Gasteiger partial charge in [-0.1, -0.05) is 44.4 Å². The summed E-state index contributed by atoms with van der Waals surface area (Å²) in [4.78, 5) is 2.43. The van der Waals surface area contributed by atoms with Gasteiger partial charge >= 0.3 is 0 Å². The van der Waals surface area contributed by atoms with E-state index in [1.54, 1.807) is 0 Å². The molecule has 0 heterocycles. The summed E-state index contributed by atoms with van der Waals surface area (Å²) in [5, 5.41) is 13.0. The molecule has 1 aromatic rings. The Morgan fingerprint density at radius 3 is 2.62 bits per heavy atom. The number of nitrogens with one attached hydrogen (secondary N) is 1. The van der Waals surface area contributed by atoms with Gasteiger partial charge in [-0.25, -0.2) is 0 Å². The molecule has 0 saturated heterocycles. The fourth-order valence-corrected chi connectivity index (χ4v) is 3.27. The highest BCUT2D eigenvalue weighted by molar-refractivity contribution is 5.56. The fourth-order valence-electron chi connectivity index (χ4n) is 3.27. The summed E-state index contributed by atoms with van der Waals surface area (Å²) in [6.07, 6.45) is 5.14. The molecule has 1 aliphatic carbocycles. The highest BCUT2D eigenvalue weighted by Crippen LogP contribution is 2.31. The van der Waals surface area contributed by atoms with Crippen molar-refractivity contribution in [3.8, 4) is 0 Å². The first-order valence-corrected chi connectivity index (χ1v) is 8.32. The Hall–Kier alpha value is -1.06. The minimum atomic E-state index is 0.224. The van der Waals surface area contributed by atoms with Gasteiger partial charge in [0.2, 0.25) is 0 Å². The van der Waals surface area contributed by atoms with Crippen molar-refractivity contribution in [2.45, 2.75) is 65.1 Å². The molecule has 0 aromatic heterocycles. The summed E-state index contributed by atoms with van der Waals surface area (Å²) < 4.78 is 0. The molecule has 3 heteroatoms. The van der Waals surface area contributed by atoms with E-state index in [-0.39, 0.29) is 6.61 Å². The molecule has 0 bridgehead atoms. The lowest BCUT2D eigenvalue weighted by Gasteiger charge is -2.33. The Bertz CT molecular complexity index is 439. The van der Waals surface area contributed by atoms with Gasteiger partial charge in [0.1, 0.15) is 0 Å². The number of benzene rings is 1. The van der Waals surface area contributed by atoms with Crippen molar-refractivity contribution in [3.05, 3.63) is 29.3 Å². The molecule has 0 radical (unpaired) electrons. The van der Waals surface area contributed by atoms with Crippen LogP contribution in [0.15, 0.2) is 18.2 Å². The second-order valence-electron chi connectivity index (χ2n) is 6.52. The average molecular weight is 290 g/mol. The Labute approximate surface area is 129 Å². The predicted octanol–water partition coefficient (Wildman–Crippen LogP) is 3.23. The van der Waals surface area contributed by atoms with E-state index in [2.05, 4.69) is 49.2 Å². The molecule has 1 aliphatic rings. The third-order valence-electron chi connectivity index (χ3n) is 4.35. The SMILES string of the molecule is Cc1ccc(N(CCO)C2CCCC2)c(CNC(C)C)c1. The van der Waals surface area contributed by atoms with E-state index in [1.165, 1.54) is 42.5 Å². The first-order chi connectivity index (χ1) is 10.1. The van der Waals surface area contributed by atoms with E-state index in [1.807, 2.05) is 0 Å². The van der Waals surface area contributed by atoms with Crippen LogP contribution in [0.5, 0.6) is 0 Å². The van der Waals surface area contributed by atoms with E-state index in [4.69, 9.17) is 0 Å². The average Bonchev–Trinajstić information content (AvgIpc) is 2.97. The van der Waals surface area contributed by atoms with Crippen LogP contribution in [0.1, 0.15) is 50.7 Å². The van der Waals surface area contributed by atoms with Crippen molar-refractivity contribution in [2.24, 2.45) is 0 Å². The lowest BCUT2D eigenvalue weighted by atomic mass is 10.1. The van der Waals surface area contributed by atoms with Gasteiger partial charge in [0, 0.05) is 30.9 Å². The molecule has 0 unspecified atom stereocenters. The second-order valence-corrected chi connectivity index (χ2v) is 6.52. The topological polar surface area (TPSA) is 35.5 Å². The van der Waals surface area contributed by atoms with Gasteiger partial charge in [-0.2, -0.15) is 0 Å². The maximum absolute atomic E-state index is 9.46.